The van der Waals surface area contributed by atoms with Crippen molar-refractivity contribution in [1.82, 2.24) is 10.0 Å². The molecule has 1 aliphatic carbocycles. The first-order valence-electron chi connectivity index (χ1n) is 6.20. The van der Waals surface area contributed by atoms with E-state index in [2.05, 4.69) is 26.0 Å². The van der Waals surface area contributed by atoms with Gasteiger partial charge in [0, 0.05) is 11.1 Å². The Kier molecular flexibility index (Phi) is 3.75. The Morgan fingerprint density at radius 2 is 2.05 bits per heavy atom. The van der Waals surface area contributed by atoms with Gasteiger partial charge in [0.15, 0.2) is 5.75 Å². The fourth-order valence-corrected chi connectivity index (χ4v) is 5.49. The third kappa shape index (κ3) is 2.46. The predicted molar refractivity (Wildman–Crippen MR) is 79.7 cm³/mol. The Balaban J connectivity index is 1.91. The maximum atomic E-state index is 12.5. The first-order valence-corrected chi connectivity index (χ1v) is 8.85. The van der Waals surface area contributed by atoms with E-state index in [9.17, 15) is 8.42 Å². The molecule has 0 aromatic heterocycles. The van der Waals surface area contributed by atoms with Crippen molar-refractivity contribution in [1.29, 1.82) is 0 Å². The minimum absolute atomic E-state index is 0.0173. The second-order valence-electron chi connectivity index (χ2n) is 5.05. The smallest absolute Gasteiger partial charge is 0.244 e. The average Bonchev–Trinajstić information content (AvgIpc) is 2.82. The summed E-state index contributed by atoms with van der Waals surface area (Å²) in [5, 5.41) is 3.57. The number of methoxy groups -OCH3 is 1. The van der Waals surface area contributed by atoms with Gasteiger partial charge in [0.1, 0.15) is 4.90 Å². The Labute approximate surface area is 131 Å². The lowest BCUT2D eigenvalue weighted by Crippen LogP contribution is -2.32. The van der Waals surface area contributed by atoms with Crippen LogP contribution in [0.5, 0.6) is 5.75 Å². The number of halogens is 2. The zero-order chi connectivity index (χ0) is 14.5. The van der Waals surface area contributed by atoms with E-state index in [-0.39, 0.29) is 16.7 Å². The molecule has 0 bridgehead atoms. The number of hydrogen-bond donors (Lipinski definition) is 2. The zero-order valence-corrected chi connectivity index (χ0v) is 13.8. The third-order valence-electron chi connectivity index (χ3n) is 3.85. The summed E-state index contributed by atoms with van der Waals surface area (Å²) < 4.78 is 33.5. The highest BCUT2D eigenvalue weighted by Gasteiger charge is 2.54. The molecule has 8 heteroatoms. The minimum Gasteiger partial charge on any atom is -0.494 e. The summed E-state index contributed by atoms with van der Waals surface area (Å²) in [5.41, 5.74) is 0. The maximum Gasteiger partial charge on any atom is 0.244 e. The minimum atomic E-state index is -3.64. The SMILES string of the molecule is COc1c(Br)cc(Cl)cc1S(=O)(=O)NC1C2CNCC21. The molecule has 1 saturated carbocycles. The Morgan fingerprint density at radius 3 is 2.65 bits per heavy atom. The molecule has 0 radical (unpaired) electrons. The highest BCUT2D eigenvalue weighted by atomic mass is 79.9. The monoisotopic (exact) mass is 380 g/mol. The largest absolute Gasteiger partial charge is 0.494 e. The Hall–Kier alpha value is -0.340. The summed E-state index contributed by atoms with van der Waals surface area (Å²) in [5.74, 6) is 1.07. The highest BCUT2D eigenvalue weighted by Crippen LogP contribution is 2.43. The number of fused-ring (bicyclic) bond motifs is 1. The van der Waals surface area contributed by atoms with Crippen LogP contribution in [0, 0.1) is 11.8 Å². The van der Waals surface area contributed by atoms with E-state index in [1.807, 2.05) is 0 Å². The number of hydrogen-bond acceptors (Lipinski definition) is 4. The van der Waals surface area contributed by atoms with Crippen LogP contribution in [-0.4, -0.2) is 34.7 Å². The van der Waals surface area contributed by atoms with Gasteiger partial charge >= 0.3 is 0 Å². The summed E-state index contributed by atoms with van der Waals surface area (Å²) in [6.45, 7) is 1.74. The number of benzene rings is 1. The molecule has 1 heterocycles. The third-order valence-corrected chi connectivity index (χ3v) is 6.12. The molecule has 1 aliphatic heterocycles. The molecule has 110 valence electrons. The first kappa shape index (κ1) is 14.6. The Morgan fingerprint density at radius 1 is 1.40 bits per heavy atom. The van der Waals surface area contributed by atoms with Crippen LogP contribution >= 0.6 is 27.5 Å². The number of ether oxygens (including phenoxy) is 1. The number of piperidine rings is 1. The van der Waals surface area contributed by atoms with Crippen LogP contribution in [0.1, 0.15) is 0 Å². The quantitative estimate of drug-likeness (QED) is 0.831. The van der Waals surface area contributed by atoms with Crippen LogP contribution in [0.25, 0.3) is 0 Å². The van der Waals surface area contributed by atoms with Crippen LogP contribution in [-0.2, 0) is 10.0 Å². The van der Waals surface area contributed by atoms with Crippen molar-refractivity contribution >= 4 is 37.6 Å². The van der Waals surface area contributed by atoms with Gasteiger partial charge in [-0.15, -0.1) is 0 Å². The van der Waals surface area contributed by atoms with Gasteiger partial charge in [-0.3, -0.25) is 0 Å². The second-order valence-corrected chi connectivity index (χ2v) is 8.03. The maximum absolute atomic E-state index is 12.5. The van der Waals surface area contributed by atoms with Gasteiger partial charge in [0.25, 0.3) is 0 Å². The van der Waals surface area contributed by atoms with Crippen LogP contribution < -0.4 is 14.8 Å². The van der Waals surface area contributed by atoms with E-state index in [1.165, 1.54) is 13.2 Å². The average molecular weight is 382 g/mol. The van der Waals surface area contributed by atoms with Crippen molar-refractivity contribution in [2.75, 3.05) is 20.2 Å². The standard InChI is InChI=1S/C12H14BrClN2O3S/c1-19-12-9(13)2-6(14)3-10(12)20(17,18)16-11-7-4-15-5-8(7)11/h2-3,7-8,11,15-16H,4-5H2,1H3. The first-order chi connectivity index (χ1) is 9.44. The molecule has 2 atom stereocenters. The summed E-state index contributed by atoms with van der Waals surface area (Å²) in [6.07, 6.45) is 0. The number of nitrogens with one attached hydrogen (secondary N) is 2. The van der Waals surface area contributed by atoms with Crippen molar-refractivity contribution < 1.29 is 13.2 Å². The molecule has 2 unspecified atom stereocenters. The lowest BCUT2D eigenvalue weighted by Gasteiger charge is -2.13. The second kappa shape index (κ2) is 5.14. The lowest BCUT2D eigenvalue weighted by atomic mass is 10.3. The van der Waals surface area contributed by atoms with Crippen molar-refractivity contribution in [3.63, 3.8) is 0 Å². The van der Waals surface area contributed by atoms with Gasteiger partial charge in [-0.25, -0.2) is 13.1 Å². The van der Waals surface area contributed by atoms with Gasteiger partial charge in [-0.05, 0) is 53.0 Å². The molecule has 3 rings (SSSR count). The summed E-state index contributed by atoms with van der Waals surface area (Å²) in [7, 11) is -2.21. The van der Waals surface area contributed by atoms with Crippen LogP contribution in [0.15, 0.2) is 21.5 Å². The fraction of sp³-hybridized carbons (Fsp3) is 0.500. The van der Waals surface area contributed by atoms with E-state index in [4.69, 9.17) is 16.3 Å². The molecule has 5 nitrogen and oxygen atoms in total. The summed E-state index contributed by atoms with van der Waals surface area (Å²) in [6, 6.07) is 3.03. The predicted octanol–water partition coefficient (Wildman–Crippen LogP) is 1.61. The van der Waals surface area contributed by atoms with Gasteiger partial charge in [0.2, 0.25) is 10.0 Å². The number of rotatable bonds is 4. The van der Waals surface area contributed by atoms with Crippen LogP contribution in [0.4, 0.5) is 0 Å². The summed E-state index contributed by atoms with van der Waals surface area (Å²) in [4.78, 5) is 0.0670. The fourth-order valence-electron chi connectivity index (χ4n) is 2.77. The van der Waals surface area contributed by atoms with Crippen molar-refractivity contribution in [2.45, 2.75) is 10.9 Å². The molecule has 20 heavy (non-hydrogen) atoms. The van der Waals surface area contributed by atoms with Gasteiger partial charge in [0.05, 0.1) is 11.6 Å². The van der Waals surface area contributed by atoms with E-state index in [0.717, 1.165) is 13.1 Å². The Bertz CT molecular complexity index is 642. The molecule has 2 fully saturated rings. The molecule has 2 N–H and O–H groups in total. The van der Waals surface area contributed by atoms with Gasteiger partial charge < -0.3 is 10.1 Å². The van der Waals surface area contributed by atoms with Crippen LogP contribution in [0.3, 0.4) is 0 Å². The van der Waals surface area contributed by atoms with Gasteiger partial charge in [-0.2, -0.15) is 0 Å². The van der Waals surface area contributed by atoms with Crippen molar-refractivity contribution in [2.24, 2.45) is 11.8 Å². The molecule has 1 aromatic carbocycles. The van der Waals surface area contributed by atoms with Crippen LogP contribution in [0.2, 0.25) is 5.02 Å². The molecule has 1 aromatic rings. The molecule has 1 saturated heterocycles. The highest BCUT2D eigenvalue weighted by molar-refractivity contribution is 9.10. The lowest BCUT2D eigenvalue weighted by molar-refractivity contribution is 0.399. The zero-order valence-electron chi connectivity index (χ0n) is 10.7. The van der Waals surface area contributed by atoms with E-state index in [0.29, 0.717) is 21.3 Å². The number of sulfonamides is 1. The molecule has 0 spiro atoms. The van der Waals surface area contributed by atoms with E-state index < -0.39 is 10.0 Å². The van der Waals surface area contributed by atoms with Crippen molar-refractivity contribution in [3.8, 4) is 5.75 Å². The molecule has 2 aliphatic rings. The van der Waals surface area contributed by atoms with Gasteiger partial charge in [-0.1, -0.05) is 11.6 Å². The topological polar surface area (TPSA) is 67.4 Å². The normalized spacial score (nSPS) is 28.2. The molecule has 0 amide bonds. The molecular weight excluding hydrogens is 368 g/mol. The van der Waals surface area contributed by atoms with Crippen molar-refractivity contribution in [3.05, 3.63) is 21.6 Å². The van der Waals surface area contributed by atoms with E-state index >= 15 is 0 Å². The molecular formula is C12H14BrClN2O3S. The summed E-state index contributed by atoms with van der Waals surface area (Å²) >= 11 is 9.21. The van der Waals surface area contributed by atoms with E-state index in [1.54, 1.807) is 6.07 Å².